The molecular formula is C19H17N3O5S. The molecule has 1 aliphatic rings. The van der Waals surface area contributed by atoms with Gasteiger partial charge < -0.3 is 10.1 Å². The number of nitrogens with zero attached hydrogens (tertiary/aromatic N) is 2. The van der Waals surface area contributed by atoms with Crippen molar-refractivity contribution in [3.63, 3.8) is 0 Å². The number of aromatic nitrogens is 2. The molecule has 0 radical (unpaired) electrons. The van der Waals surface area contributed by atoms with Crippen LogP contribution >= 0.6 is 0 Å². The molecule has 1 unspecified atom stereocenters. The van der Waals surface area contributed by atoms with Gasteiger partial charge in [-0.25, -0.2) is 13.0 Å². The number of amides is 1. The molecule has 28 heavy (non-hydrogen) atoms. The Hall–Kier alpha value is -3.20. The number of hydrogen-bond acceptors (Lipinski definition) is 7. The molecule has 0 bridgehead atoms. The number of para-hydroxylation sites is 1. The van der Waals surface area contributed by atoms with Crippen LogP contribution in [-0.4, -0.2) is 43.5 Å². The Kier molecular flexibility index (Phi) is 4.60. The SMILES string of the molecule is CS(=O)(=O)c1ccc(-c2cccc3c2OC(CNC(=O)c2cnon2)C3)cc1. The maximum absolute atomic E-state index is 12.0. The molecule has 1 aromatic heterocycles. The standard InChI is InChI=1S/C19H17N3O5S/c1-28(24,25)15-7-5-12(6-8-15)16-4-2-3-13-9-14(26-18(13)16)10-20-19(23)17-11-21-27-22-17/h2-8,11,14H,9-10H2,1H3,(H,20,23). The Balaban J connectivity index is 1.50. The molecule has 1 amide bonds. The van der Waals surface area contributed by atoms with Crippen molar-refractivity contribution in [3.8, 4) is 16.9 Å². The first-order valence-electron chi connectivity index (χ1n) is 8.56. The Bertz CT molecular complexity index is 1110. The molecule has 1 aliphatic heterocycles. The molecule has 8 nitrogen and oxygen atoms in total. The van der Waals surface area contributed by atoms with Crippen molar-refractivity contribution >= 4 is 15.7 Å². The Labute approximate surface area is 161 Å². The van der Waals surface area contributed by atoms with E-state index in [-0.39, 0.29) is 22.6 Å². The summed E-state index contributed by atoms with van der Waals surface area (Å²) in [4.78, 5) is 12.2. The molecule has 3 aromatic rings. The average molecular weight is 399 g/mol. The quantitative estimate of drug-likeness (QED) is 0.697. The lowest BCUT2D eigenvalue weighted by molar-refractivity contribution is 0.0924. The number of nitrogens with one attached hydrogen (secondary N) is 1. The van der Waals surface area contributed by atoms with Crippen molar-refractivity contribution in [1.82, 2.24) is 15.6 Å². The number of benzene rings is 2. The molecule has 9 heteroatoms. The summed E-state index contributed by atoms with van der Waals surface area (Å²) in [5.41, 5.74) is 2.89. The molecular weight excluding hydrogens is 382 g/mol. The van der Waals surface area contributed by atoms with Crippen molar-refractivity contribution in [3.05, 3.63) is 59.9 Å². The second-order valence-corrected chi connectivity index (χ2v) is 8.55. The number of rotatable bonds is 5. The highest BCUT2D eigenvalue weighted by atomic mass is 32.2. The van der Waals surface area contributed by atoms with Gasteiger partial charge in [0.05, 0.1) is 11.4 Å². The normalized spacial score (nSPS) is 15.7. The van der Waals surface area contributed by atoms with Crippen molar-refractivity contribution in [2.75, 3.05) is 12.8 Å². The monoisotopic (exact) mass is 399 g/mol. The van der Waals surface area contributed by atoms with E-state index in [9.17, 15) is 13.2 Å². The van der Waals surface area contributed by atoms with Crippen LogP contribution in [0.5, 0.6) is 5.75 Å². The Morgan fingerprint density at radius 2 is 2.00 bits per heavy atom. The molecule has 2 aromatic carbocycles. The van der Waals surface area contributed by atoms with Crippen LogP contribution < -0.4 is 10.1 Å². The second kappa shape index (κ2) is 7.08. The fourth-order valence-corrected chi connectivity index (χ4v) is 3.75. The summed E-state index contributed by atoms with van der Waals surface area (Å²) in [6, 6.07) is 12.5. The van der Waals surface area contributed by atoms with Gasteiger partial charge in [0.1, 0.15) is 18.1 Å². The first kappa shape index (κ1) is 18.2. The average Bonchev–Trinajstić information content (AvgIpc) is 3.34. The summed E-state index contributed by atoms with van der Waals surface area (Å²) in [5.74, 6) is 0.370. The van der Waals surface area contributed by atoms with Crippen LogP contribution in [0.4, 0.5) is 0 Å². The van der Waals surface area contributed by atoms with E-state index in [1.165, 1.54) is 12.5 Å². The topological polar surface area (TPSA) is 111 Å². The van der Waals surface area contributed by atoms with Crippen LogP contribution in [-0.2, 0) is 16.3 Å². The fourth-order valence-electron chi connectivity index (χ4n) is 3.12. The molecule has 0 aliphatic carbocycles. The number of ether oxygens (including phenoxy) is 1. The van der Waals surface area contributed by atoms with Crippen LogP contribution in [0.2, 0.25) is 0 Å². The summed E-state index contributed by atoms with van der Waals surface area (Å²) >= 11 is 0. The molecule has 0 saturated heterocycles. The largest absolute Gasteiger partial charge is 0.487 e. The van der Waals surface area contributed by atoms with Gasteiger partial charge in [0.2, 0.25) is 0 Å². The number of hydrogen-bond donors (Lipinski definition) is 1. The predicted octanol–water partition coefficient (Wildman–Crippen LogP) is 1.87. The van der Waals surface area contributed by atoms with Crippen LogP contribution in [0.1, 0.15) is 16.1 Å². The van der Waals surface area contributed by atoms with Gasteiger partial charge in [-0.15, -0.1) is 0 Å². The third-order valence-electron chi connectivity index (χ3n) is 4.51. The molecule has 0 spiro atoms. The molecule has 144 valence electrons. The third kappa shape index (κ3) is 3.61. The van der Waals surface area contributed by atoms with E-state index in [1.54, 1.807) is 24.3 Å². The molecule has 4 rings (SSSR count). The second-order valence-electron chi connectivity index (χ2n) is 6.54. The third-order valence-corrected chi connectivity index (χ3v) is 5.63. The highest BCUT2D eigenvalue weighted by Crippen LogP contribution is 2.38. The highest BCUT2D eigenvalue weighted by Gasteiger charge is 2.26. The maximum atomic E-state index is 12.0. The molecule has 0 fully saturated rings. The van der Waals surface area contributed by atoms with Gasteiger partial charge in [0.15, 0.2) is 15.5 Å². The van der Waals surface area contributed by atoms with Crippen LogP contribution in [0.15, 0.2) is 58.2 Å². The Morgan fingerprint density at radius 3 is 2.68 bits per heavy atom. The highest BCUT2D eigenvalue weighted by molar-refractivity contribution is 7.90. The van der Waals surface area contributed by atoms with Gasteiger partial charge in [0.25, 0.3) is 5.91 Å². The minimum Gasteiger partial charge on any atom is -0.487 e. The summed E-state index contributed by atoms with van der Waals surface area (Å²) in [7, 11) is -3.24. The smallest absolute Gasteiger partial charge is 0.275 e. The number of fused-ring (bicyclic) bond motifs is 1. The van der Waals surface area contributed by atoms with Crippen molar-refractivity contribution in [2.24, 2.45) is 0 Å². The van der Waals surface area contributed by atoms with Gasteiger partial charge in [-0.05, 0) is 28.4 Å². The molecule has 1 atom stereocenters. The lowest BCUT2D eigenvalue weighted by atomic mass is 10.0. The Morgan fingerprint density at radius 1 is 1.21 bits per heavy atom. The first-order chi connectivity index (χ1) is 13.4. The van der Waals surface area contributed by atoms with E-state index < -0.39 is 9.84 Å². The van der Waals surface area contributed by atoms with E-state index in [0.717, 1.165) is 22.4 Å². The van der Waals surface area contributed by atoms with Crippen molar-refractivity contribution < 1.29 is 22.6 Å². The lowest BCUT2D eigenvalue weighted by Crippen LogP contribution is -2.34. The number of sulfone groups is 1. The van der Waals surface area contributed by atoms with Gasteiger partial charge >= 0.3 is 0 Å². The number of carbonyl (C=O) groups is 1. The van der Waals surface area contributed by atoms with Crippen LogP contribution in [0.3, 0.4) is 0 Å². The first-order valence-corrected chi connectivity index (χ1v) is 10.5. The van der Waals surface area contributed by atoms with Crippen molar-refractivity contribution in [1.29, 1.82) is 0 Å². The zero-order valence-electron chi connectivity index (χ0n) is 15.0. The van der Waals surface area contributed by atoms with Gasteiger partial charge in [0, 0.05) is 18.2 Å². The van der Waals surface area contributed by atoms with E-state index >= 15 is 0 Å². The fraction of sp³-hybridized carbons (Fsp3) is 0.211. The summed E-state index contributed by atoms with van der Waals surface area (Å²) in [6.07, 6.45) is 2.87. The van der Waals surface area contributed by atoms with Crippen molar-refractivity contribution in [2.45, 2.75) is 17.4 Å². The van der Waals surface area contributed by atoms with Gasteiger partial charge in [-0.3, -0.25) is 4.79 Å². The van der Waals surface area contributed by atoms with E-state index in [1.807, 2.05) is 18.2 Å². The lowest BCUT2D eigenvalue weighted by Gasteiger charge is -2.13. The minimum atomic E-state index is -3.24. The zero-order valence-corrected chi connectivity index (χ0v) is 15.8. The van der Waals surface area contributed by atoms with E-state index in [4.69, 9.17) is 4.74 Å². The van der Waals surface area contributed by atoms with E-state index in [0.29, 0.717) is 13.0 Å². The summed E-state index contributed by atoms with van der Waals surface area (Å²) in [5, 5.41) is 9.66. The van der Waals surface area contributed by atoms with Crippen LogP contribution in [0, 0.1) is 0 Å². The number of carbonyl (C=O) groups excluding carboxylic acids is 1. The van der Waals surface area contributed by atoms with Crippen LogP contribution in [0.25, 0.3) is 11.1 Å². The summed E-state index contributed by atoms with van der Waals surface area (Å²) < 4.78 is 33.8. The summed E-state index contributed by atoms with van der Waals surface area (Å²) in [6.45, 7) is 0.312. The van der Waals surface area contributed by atoms with Gasteiger partial charge in [-0.2, -0.15) is 0 Å². The molecule has 0 saturated carbocycles. The molecule has 1 N–H and O–H groups in total. The van der Waals surface area contributed by atoms with E-state index in [2.05, 4.69) is 20.3 Å². The molecule has 2 heterocycles. The zero-order chi connectivity index (χ0) is 19.7. The van der Waals surface area contributed by atoms with Gasteiger partial charge in [-0.1, -0.05) is 35.5 Å². The predicted molar refractivity (Wildman–Crippen MR) is 99.7 cm³/mol. The maximum Gasteiger partial charge on any atom is 0.275 e. The minimum absolute atomic E-state index is 0.113.